The number of piperidine rings is 1. The maximum Gasteiger partial charge on any atom is 0.122 e. The Hall–Kier alpha value is -1.06. The molecular weight excluding hydrogens is 238 g/mol. The Labute approximate surface area is 115 Å². The first-order chi connectivity index (χ1) is 9.33. The van der Waals surface area contributed by atoms with E-state index in [4.69, 9.17) is 4.74 Å². The molecule has 2 N–H and O–H groups in total. The van der Waals surface area contributed by atoms with Crippen molar-refractivity contribution in [2.24, 2.45) is 5.92 Å². The topological polar surface area (TPSA) is 41.5 Å². The number of rotatable bonds is 4. The van der Waals surface area contributed by atoms with Crippen LogP contribution in [-0.2, 0) is 12.8 Å². The van der Waals surface area contributed by atoms with Crippen LogP contribution < -0.4 is 10.1 Å². The lowest BCUT2D eigenvalue weighted by Crippen LogP contribution is -2.36. The van der Waals surface area contributed by atoms with Crippen LogP contribution >= 0.6 is 0 Å². The van der Waals surface area contributed by atoms with Gasteiger partial charge < -0.3 is 15.2 Å². The summed E-state index contributed by atoms with van der Waals surface area (Å²) in [4.78, 5) is 0. The molecule has 0 spiro atoms. The van der Waals surface area contributed by atoms with Crippen LogP contribution in [0.1, 0.15) is 30.4 Å². The van der Waals surface area contributed by atoms with Crippen LogP contribution in [0.2, 0.25) is 0 Å². The van der Waals surface area contributed by atoms with Crippen molar-refractivity contribution in [2.45, 2.75) is 38.2 Å². The average molecular weight is 261 g/mol. The van der Waals surface area contributed by atoms with E-state index in [-0.39, 0.29) is 6.10 Å². The van der Waals surface area contributed by atoms with Crippen LogP contribution in [0.3, 0.4) is 0 Å². The fourth-order valence-corrected chi connectivity index (χ4v) is 3.15. The van der Waals surface area contributed by atoms with E-state index in [0.717, 1.165) is 51.1 Å². The van der Waals surface area contributed by atoms with E-state index in [1.165, 1.54) is 17.5 Å². The molecule has 0 saturated carbocycles. The van der Waals surface area contributed by atoms with E-state index in [0.29, 0.717) is 5.92 Å². The van der Waals surface area contributed by atoms with Gasteiger partial charge in [0.25, 0.3) is 0 Å². The first-order valence-electron chi connectivity index (χ1n) is 7.46. The van der Waals surface area contributed by atoms with Gasteiger partial charge in [-0.2, -0.15) is 0 Å². The van der Waals surface area contributed by atoms with Crippen molar-refractivity contribution in [3.05, 3.63) is 29.3 Å². The lowest BCUT2D eigenvalue weighted by molar-refractivity contribution is 0.0844. The van der Waals surface area contributed by atoms with Gasteiger partial charge in [-0.25, -0.2) is 0 Å². The van der Waals surface area contributed by atoms with E-state index >= 15 is 0 Å². The van der Waals surface area contributed by atoms with Gasteiger partial charge in [0.2, 0.25) is 0 Å². The summed E-state index contributed by atoms with van der Waals surface area (Å²) in [6.07, 6.45) is 5.04. The minimum Gasteiger partial charge on any atom is -0.493 e. The molecule has 0 aliphatic carbocycles. The molecule has 19 heavy (non-hydrogen) atoms. The van der Waals surface area contributed by atoms with Crippen LogP contribution in [0, 0.1) is 5.92 Å². The van der Waals surface area contributed by atoms with E-state index in [1.54, 1.807) is 0 Å². The molecule has 1 aromatic rings. The van der Waals surface area contributed by atoms with Crippen LogP contribution in [0.25, 0.3) is 0 Å². The molecule has 3 heteroatoms. The Balaban J connectivity index is 1.53. The van der Waals surface area contributed by atoms with E-state index in [2.05, 4.69) is 23.5 Å². The van der Waals surface area contributed by atoms with Crippen LogP contribution in [0.5, 0.6) is 5.75 Å². The van der Waals surface area contributed by atoms with Crippen molar-refractivity contribution in [2.75, 3.05) is 19.7 Å². The number of hydrogen-bond donors (Lipinski definition) is 2. The fourth-order valence-electron chi connectivity index (χ4n) is 3.15. The minimum atomic E-state index is -0.169. The number of nitrogens with one attached hydrogen (secondary N) is 1. The highest BCUT2D eigenvalue weighted by Gasteiger charge is 2.21. The summed E-state index contributed by atoms with van der Waals surface area (Å²) < 4.78 is 5.52. The first-order valence-corrected chi connectivity index (χ1v) is 7.46. The quantitative estimate of drug-likeness (QED) is 0.870. The summed E-state index contributed by atoms with van der Waals surface area (Å²) in [5.74, 6) is 1.48. The molecule has 3 rings (SSSR count). The van der Waals surface area contributed by atoms with Gasteiger partial charge in [-0.05, 0) is 55.3 Å². The van der Waals surface area contributed by atoms with Crippen LogP contribution in [-0.4, -0.2) is 30.9 Å². The third kappa shape index (κ3) is 3.10. The van der Waals surface area contributed by atoms with Gasteiger partial charge in [-0.1, -0.05) is 12.1 Å². The smallest absolute Gasteiger partial charge is 0.122 e. The molecule has 2 unspecified atom stereocenters. The van der Waals surface area contributed by atoms with E-state index in [1.807, 2.05) is 0 Å². The van der Waals surface area contributed by atoms with Gasteiger partial charge in [0, 0.05) is 13.0 Å². The maximum atomic E-state index is 10.3. The minimum absolute atomic E-state index is 0.169. The van der Waals surface area contributed by atoms with Crippen LogP contribution in [0.4, 0.5) is 0 Å². The highest BCUT2D eigenvalue weighted by atomic mass is 16.5. The monoisotopic (exact) mass is 261 g/mol. The summed E-state index contributed by atoms with van der Waals surface area (Å²) in [7, 11) is 0. The molecule has 1 aromatic carbocycles. The number of ether oxygens (including phenoxy) is 1. The molecule has 104 valence electrons. The standard InChI is InChI=1S/C16H23NO2/c18-15(14-2-1-8-17-11-14)5-3-12-4-6-16-13(10-12)7-9-19-16/h4,6,10,14-15,17-18H,1-3,5,7-9,11H2. The lowest BCUT2D eigenvalue weighted by Gasteiger charge is -2.27. The lowest BCUT2D eigenvalue weighted by atomic mass is 9.90. The van der Waals surface area contributed by atoms with Crippen molar-refractivity contribution < 1.29 is 9.84 Å². The van der Waals surface area contributed by atoms with Gasteiger partial charge in [0.15, 0.2) is 0 Å². The maximum absolute atomic E-state index is 10.3. The highest BCUT2D eigenvalue weighted by molar-refractivity contribution is 5.39. The molecule has 0 radical (unpaired) electrons. The number of aliphatic hydroxyl groups is 1. The molecule has 2 aliphatic rings. The van der Waals surface area contributed by atoms with Crippen molar-refractivity contribution in [1.29, 1.82) is 0 Å². The Morgan fingerprint density at radius 3 is 3.21 bits per heavy atom. The molecule has 0 amide bonds. The van der Waals surface area contributed by atoms with E-state index < -0.39 is 0 Å². The molecule has 1 fully saturated rings. The van der Waals surface area contributed by atoms with Gasteiger partial charge >= 0.3 is 0 Å². The SMILES string of the molecule is OC(CCc1ccc2c(c1)CCO2)C1CCCNC1. The summed E-state index contributed by atoms with van der Waals surface area (Å²) in [6, 6.07) is 6.45. The van der Waals surface area contributed by atoms with Gasteiger partial charge in [-0.3, -0.25) is 0 Å². The number of aliphatic hydroxyl groups excluding tert-OH is 1. The van der Waals surface area contributed by atoms with Gasteiger partial charge in [0.1, 0.15) is 5.75 Å². The zero-order chi connectivity index (χ0) is 13.1. The predicted octanol–water partition coefficient (Wildman–Crippen LogP) is 1.91. The zero-order valence-corrected chi connectivity index (χ0v) is 11.4. The zero-order valence-electron chi connectivity index (χ0n) is 11.4. The van der Waals surface area contributed by atoms with Crippen molar-refractivity contribution in [3.8, 4) is 5.75 Å². The summed E-state index contributed by atoms with van der Waals surface area (Å²) in [5.41, 5.74) is 2.65. The molecular formula is C16H23NO2. The van der Waals surface area contributed by atoms with Gasteiger partial charge in [0.05, 0.1) is 12.7 Å². The molecule has 3 nitrogen and oxygen atoms in total. The average Bonchev–Trinajstić information content (AvgIpc) is 2.93. The second kappa shape index (κ2) is 5.93. The number of fused-ring (bicyclic) bond motifs is 1. The Morgan fingerprint density at radius 2 is 2.37 bits per heavy atom. The molecule has 2 aliphatic heterocycles. The second-order valence-electron chi connectivity index (χ2n) is 5.75. The summed E-state index contributed by atoms with van der Waals surface area (Å²) in [6.45, 7) is 2.89. The molecule has 0 aromatic heterocycles. The number of benzene rings is 1. The highest BCUT2D eigenvalue weighted by Crippen LogP contribution is 2.27. The fraction of sp³-hybridized carbons (Fsp3) is 0.625. The molecule has 2 atom stereocenters. The predicted molar refractivity (Wildman–Crippen MR) is 75.6 cm³/mol. The van der Waals surface area contributed by atoms with Crippen molar-refractivity contribution in [3.63, 3.8) is 0 Å². The normalized spacial score (nSPS) is 23.7. The molecule has 1 saturated heterocycles. The molecule has 2 heterocycles. The third-order valence-corrected chi connectivity index (χ3v) is 4.36. The Kier molecular flexibility index (Phi) is 4.04. The first kappa shape index (κ1) is 12.9. The third-order valence-electron chi connectivity index (χ3n) is 4.36. The number of hydrogen-bond acceptors (Lipinski definition) is 3. The molecule has 0 bridgehead atoms. The Morgan fingerprint density at radius 1 is 1.42 bits per heavy atom. The number of aryl methyl sites for hydroxylation is 1. The van der Waals surface area contributed by atoms with E-state index in [9.17, 15) is 5.11 Å². The van der Waals surface area contributed by atoms with Crippen molar-refractivity contribution in [1.82, 2.24) is 5.32 Å². The van der Waals surface area contributed by atoms with Crippen molar-refractivity contribution >= 4 is 0 Å². The van der Waals surface area contributed by atoms with Crippen LogP contribution in [0.15, 0.2) is 18.2 Å². The summed E-state index contributed by atoms with van der Waals surface area (Å²) >= 11 is 0. The second-order valence-corrected chi connectivity index (χ2v) is 5.75. The summed E-state index contributed by atoms with van der Waals surface area (Å²) in [5, 5.41) is 13.6. The van der Waals surface area contributed by atoms with Gasteiger partial charge in [-0.15, -0.1) is 0 Å². The largest absolute Gasteiger partial charge is 0.493 e. The Bertz CT molecular complexity index is 427.